The average molecular weight is 143 g/mol. The number of rotatable bonds is 2. The van der Waals surface area contributed by atoms with Crippen LogP contribution in [0.4, 0.5) is 10.8 Å². The summed E-state index contributed by atoms with van der Waals surface area (Å²) in [5.41, 5.74) is 1.80. The van der Waals surface area contributed by atoms with Gasteiger partial charge in [0.25, 0.3) is 0 Å². The fourth-order valence-corrected chi connectivity index (χ4v) is 1.25. The Labute approximate surface area is 58.1 Å². The Morgan fingerprint density at radius 1 is 1.44 bits per heavy atom. The van der Waals surface area contributed by atoms with Crippen LogP contribution in [0.5, 0.6) is 0 Å². The normalized spacial score (nSPS) is 9.11. The smallest absolute Gasteiger partial charge is 0.160 e. The lowest BCUT2D eigenvalue weighted by atomic mass is 10.7. The van der Waals surface area contributed by atoms with Gasteiger partial charge in [0.05, 0.1) is 5.51 Å². The van der Waals surface area contributed by atoms with E-state index in [1.165, 1.54) is 0 Å². The van der Waals surface area contributed by atoms with Gasteiger partial charge in [-0.2, -0.15) is 0 Å². The van der Waals surface area contributed by atoms with Crippen molar-refractivity contribution in [2.75, 3.05) is 24.7 Å². The summed E-state index contributed by atoms with van der Waals surface area (Å²) in [5.74, 6) is 0.919. The molecule has 0 unspecified atom stereocenters. The molecule has 0 fully saturated rings. The van der Waals surface area contributed by atoms with Gasteiger partial charge in [-0.25, -0.2) is 4.98 Å². The van der Waals surface area contributed by atoms with Crippen molar-refractivity contribution < 1.29 is 0 Å². The molecule has 9 heavy (non-hydrogen) atoms. The molecular formula is C5H9N3S. The first-order valence-electron chi connectivity index (χ1n) is 2.67. The van der Waals surface area contributed by atoms with E-state index in [4.69, 9.17) is 0 Å². The molecule has 0 spiro atoms. The molecule has 0 aliphatic rings. The van der Waals surface area contributed by atoms with Crippen LogP contribution in [0.25, 0.3) is 0 Å². The molecule has 3 nitrogen and oxygen atoms in total. The fraction of sp³-hybridized carbons (Fsp3) is 0.400. The molecular weight excluding hydrogens is 134 g/mol. The molecule has 1 heterocycles. The van der Waals surface area contributed by atoms with Crippen LogP contribution >= 0.6 is 11.3 Å². The minimum atomic E-state index is 0.919. The van der Waals surface area contributed by atoms with Crippen molar-refractivity contribution in [3.63, 3.8) is 0 Å². The summed E-state index contributed by atoms with van der Waals surface area (Å²) < 4.78 is 0. The molecule has 0 bridgehead atoms. The zero-order valence-corrected chi connectivity index (χ0v) is 6.25. The van der Waals surface area contributed by atoms with Crippen molar-refractivity contribution in [2.24, 2.45) is 0 Å². The van der Waals surface area contributed by atoms with Gasteiger partial charge in [-0.3, -0.25) is 0 Å². The van der Waals surface area contributed by atoms with Crippen molar-refractivity contribution in [3.05, 3.63) is 5.51 Å². The highest BCUT2D eigenvalue weighted by molar-refractivity contribution is 7.14. The molecule has 1 rings (SSSR count). The lowest BCUT2D eigenvalue weighted by molar-refractivity contribution is 1.34. The zero-order chi connectivity index (χ0) is 6.69. The van der Waals surface area contributed by atoms with E-state index in [1.54, 1.807) is 16.8 Å². The van der Waals surface area contributed by atoms with Gasteiger partial charge in [0.15, 0.2) is 5.82 Å². The molecule has 0 amide bonds. The fourth-order valence-electron chi connectivity index (χ4n) is 0.602. The van der Waals surface area contributed by atoms with Gasteiger partial charge in [-0.05, 0) is 0 Å². The van der Waals surface area contributed by atoms with E-state index in [1.807, 2.05) is 14.1 Å². The molecule has 1 aromatic rings. The van der Waals surface area contributed by atoms with Gasteiger partial charge in [0.2, 0.25) is 0 Å². The summed E-state index contributed by atoms with van der Waals surface area (Å²) in [6, 6.07) is 0. The molecule has 0 radical (unpaired) electrons. The Hall–Kier alpha value is -0.770. The zero-order valence-electron chi connectivity index (χ0n) is 5.43. The SMILES string of the molecule is CNc1ncsc1NC. The first-order chi connectivity index (χ1) is 4.38. The highest BCUT2D eigenvalue weighted by Gasteiger charge is 1.98. The number of anilines is 2. The van der Waals surface area contributed by atoms with Crippen molar-refractivity contribution in [1.29, 1.82) is 0 Å². The van der Waals surface area contributed by atoms with Crippen LogP contribution in [0.2, 0.25) is 0 Å². The van der Waals surface area contributed by atoms with E-state index in [9.17, 15) is 0 Å². The van der Waals surface area contributed by atoms with E-state index < -0.39 is 0 Å². The predicted octanol–water partition coefficient (Wildman–Crippen LogP) is 1.23. The molecule has 0 saturated carbocycles. The number of hydrogen-bond donors (Lipinski definition) is 2. The third-order valence-electron chi connectivity index (χ3n) is 1.03. The van der Waals surface area contributed by atoms with Crippen LogP contribution in [0, 0.1) is 0 Å². The minimum absolute atomic E-state index is 0.919. The molecule has 0 aliphatic heterocycles. The van der Waals surface area contributed by atoms with E-state index in [0.29, 0.717) is 0 Å². The summed E-state index contributed by atoms with van der Waals surface area (Å²) in [7, 11) is 3.74. The monoisotopic (exact) mass is 143 g/mol. The van der Waals surface area contributed by atoms with Crippen LogP contribution in [-0.4, -0.2) is 19.1 Å². The lowest BCUT2D eigenvalue weighted by Gasteiger charge is -1.96. The maximum atomic E-state index is 4.05. The molecule has 0 atom stereocenters. The third-order valence-corrected chi connectivity index (χ3v) is 1.88. The summed E-state index contributed by atoms with van der Waals surface area (Å²) in [5, 5.41) is 7.06. The molecule has 50 valence electrons. The minimum Gasteiger partial charge on any atom is -0.377 e. The summed E-state index contributed by atoms with van der Waals surface area (Å²) >= 11 is 1.59. The second-order valence-electron chi connectivity index (χ2n) is 1.53. The lowest BCUT2D eigenvalue weighted by Crippen LogP contribution is -1.92. The second kappa shape index (κ2) is 2.68. The third kappa shape index (κ3) is 1.13. The Balaban J connectivity index is 2.85. The largest absolute Gasteiger partial charge is 0.377 e. The van der Waals surface area contributed by atoms with Gasteiger partial charge in [0.1, 0.15) is 5.00 Å². The molecule has 2 N–H and O–H groups in total. The molecule has 4 heteroatoms. The van der Waals surface area contributed by atoms with Gasteiger partial charge in [-0.15, -0.1) is 11.3 Å². The number of thiazole rings is 1. The first kappa shape index (κ1) is 6.35. The highest BCUT2D eigenvalue weighted by atomic mass is 32.1. The van der Waals surface area contributed by atoms with Crippen molar-refractivity contribution in [2.45, 2.75) is 0 Å². The maximum absolute atomic E-state index is 4.05. The Bertz CT molecular complexity index is 166. The van der Waals surface area contributed by atoms with Gasteiger partial charge >= 0.3 is 0 Å². The van der Waals surface area contributed by atoms with E-state index in [-0.39, 0.29) is 0 Å². The molecule has 0 aliphatic carbocycles. The van der Waals surface area contributed by atoms with Crippen LogP contribution in [0.1, 0.15) is 0 Å². The summed E-state index contributed by atoms with van der Waals surface area (Å²) in [6.07, 6.45) is 0. The van der Waals surface area contributed by atoms with Crippen molar-refractivity contribution in [3.8, 4) is 0 Å². The van der Waals surface area contributed by atoms with E-state index in [2.05, 4.69) is 15.6 Å². The van der Waals surface area contributed by atoms with E-state index >= 15 is 0 Å². The predicted molar refractivity (Wildman–Crippen MR) is 41.2 cm³/mol. The number of nitrogens with one attached hydrogen (secondary N) is 2. The first-order valence-corrected chi connectivity index (χ1v) is 3.55. The number of aromatic nitrogens is 1. The molecule has 1 aromatic heterocycles. The van der Waals surface area contributed by atoms with Crippen LogP contribution in [0.3, 0.4) is 0 Å². The topological polar surface area (TPSA) is 37.0 Å². The van der Waals surface area contributed by atoms with Gasteiger partial charge < -0.3 is 10.6 Å². The number of hydrogen-bond acceptors (Lipinski definition) is 4. The maximum Gasteiger partial charge on any atom is 0.160 e. The molecule has 0 saturated heterocycles. The second-order valence-corrected chi connectivity index (χ2v) is 2.38. The Kier molecular flexibility index (Phi) is 1.89. The standard InChI is InChI=1S/C5H9N3S/c1-6-4-5(7-2)9-3-8-4/h3,6-7H,1-2H3. The van der Waals surface area contributed by atoms with Crippen LogP contribution < -0.4 is 10.6 Å². The van der Waals surface area contributed by atoms with Crippen LogP contribution in [0.15, 0.2) is 5.51 Å². The van der Waals surface area contributed by atoms with Gasteiger partial charge in [-0.1, -0.05) is 0 Å². The average Bonchev–Trinajstić information content (AvgIpc) is 2.33. The van der Waals surface area contributed by atoms with Crippen LogP contribution in [-0.2, 0) is 0 Å². The Morgan fingerprint density at radius 2 is 2.22 bits per heavy atom. The molecule has 0 aromatic carbocycles. The Morgan fingerprint density at radius 3 is 2.67 bits per heavy atom. The quantitative estimate of drug-likeness (QED) is 0.653. The van der Waals surface area contributed by atoms with Gasteiger partial charge in [0, 0.05) is 14.1 Å². The summed E-state index contributed by atoms with van der Waals surface area (Å²) in [4.78, 5) is 4.05. The summed E-state index contributed by atoms with van der Waals surface area (Å²) in [6.45, 7) is 0. The highest BCUT2D eigenvalue weighted by Crippen LogP contribution is 2.23. The number of nitrogens with zero attached hydrogens (tertiary/aromatic N) is 1. The van der Waals surface area contributed by atoms with Crippen molar-refractivity contribution in [1.82, 2.24) is 4.98 Å². The van der Waals surface area contributed by atoms with Crippen molar-refractivity contribution >= 4 is 22.2 Å². The van der Waals surface area contributed by atoms with E-state index in [0.717, 1.165) is 10.8 Å².